The summed E-state index contributed by atoms with van der Waals surface area (Å²) in [5.41, 5.74) is 1.38. The lowest BCUT2D eigenvalue weighted by molar-refractivity contribution is -0.0836. The van der Waals surface area contributed by atoms with Crippen LogP contribution >= 0.6 is 24.0 Å². The first-order valence-electron chi connectivity index (χ1n) is 9.51. The minimum Gasteiger partial charge on any atom is -0.497 e. The Hall–Kier alpha value is -1.02. The second-order valence-electron chi connectivity index (χ2n) is 8.19. The second-order valence-corrected chi connectivity index (χ2v) is 8.19. The minimum absolute atomic E-state index is 0. The van der Waals surface area contributed by atoms with Gasteiger partial charge in [-0.15, -0.1) is 24.0 Å². The third kappa shape index (κ3) is 7.14. The van der Waals surface area contributed by atoms with E-state index in [4.69, 9.17) is 9.47 Å². The number of hydrogen-bond acceptors (Lipinski definition) is 3. The van der Waals surface area contributed by atoms with Crippen molar-refractivity contribution in [1.82, 2.24) is 10.2 Å². The topological polar surface area (TPSA) is 46.1 Å². The zero-order chi connectivity index (χ0) is 19.2. The van der Waals surface area contributed by atoms with Crippen molar-refractivity contribution in [3.8, 4) is 5.75 Å². The monoisotopic (exact) mass is 489 g/mol. The van der Waals surface area contributed by atoms with Crippen LogP contribution in [0.2, 0.25) is 0 Å². The van der Waals surface area contributed by atoms with Gasteiger partial charge in [0.05, 0.1) is 13.2 Å². The van der Waals surface area contributed by atoms with Crippen LogP contribution in [-0.2, 0) is 11.3 Å². The highest BCUT2D eigenvalue weighted by Gasteiger charge is 2.35. The van der Waals surface area contributed by atoms with Gasteiger partial charge >= 0.3 is 0 Å². The molecule has 1 aromatic rings. The standard InChI is InChI=1S/C21H35N3O2.HI/c1-21(2,3)19-17(8-7-13-26-19)14-23-20(22-4)24(5)15-16-9-11-18(25-6)12-10-16;/h9-12,17,19H,7-8,13-15H2,1-6H3,(H,22,23);1H. The molecule has 2 atom stereocenters. The molecular formula is C21H36IN3O2. The maximum atomic E-state index is 6.09. The van der Waals surface area contributed by atoms with E-state index in [1.807, 2.05) is 19.2 Å². The summed E-state index contributed by atoms with van der Waals surface area (Å²) in [6.45, 7) is 9.36. The van der Waals surface area contributed by atoms with Crippen LogP contribution in [0.15, 0.2) is 29.3 Å². The Morgan fingerprint density at radius 2 is 1.96 bits per heavy atom. The van der Waals surface area contributed by atoms with Crippen LogP contribution in [0.4, 0.5) is 0 Å². The molecule has 1 saturated heterocycles. The van der Waals surface area contributed by atoms with E-state index in [-0.39, 0.29) is 35.5 Å². The SMILES string of the molecule is CN=C(NCC1CCCOC1C(C)(C)C)N(C)Cc1ccc(OC)cc1.I. The normalized spacial score (nSPS) is 20.6. The first-order valence-corrected chi connectivity index (χ1v) is 9.51. The Balaban J connectivity index is 0.00000364. The zero-order valence-corrected chi connectivity index (χ0v) is 19.9. The maximum Gasteiger partial charge on any atom is 0.193 e. The lowest BCUT2D eigenvalue weighted by atomic mass is 9.78. The highest BCUT2D eigenvalue weighted by molar-refractivity contribution is 14.0. The van der Waals surface area contributed by atoms with Crippen molar-refractivity contribution in [2.24, 2.45) is 16.3 Å². The van der Waals surface area contributed by atoms with Gasteiger partial charge in [0.1, 0.15) is 5.75 Å². The van der Waals surface area contributed by atoms with Crippen LogP contribution in [-0.4, -0.2) is 51.3 Å². The summed E-state index contributed by atoms with van der Waals surface area (Å²) < 4.78 is 11.3. The number of benzene rings is 1. The van der Waals surface area contributed by atoms with E-state index in [9.17, 15) is 0 Å². The number of methoxy groups -OCH3 is 1. The second kappa shape index (κ2) is 11.1. The number of hydrogen-bond donors (Lipinski definition) is 1. The van der Waals surface area contributed by atoms with E-state index >= 15 is 0 Å². The Morgan fingerprint density at radius 1 is 1.30 bits per heavy atom. The number of rotatable bonds is 5. The fourth-order valence-corrected chi connectivity index (χ4v) is 3.70. The molecule has 154 valence electrons. The highest BCUT2D eigenvalue weighted by atomic mass is 127. The molecule has 0 radical (unpaired) electrons. The maximum absolute atomic E-state index is 6.09. The van der Waals surface area contributed by atoms with Crippen LogP contribution in [0.25, 0.3) is 0 Å². The van der Waals surface area contributed by atoms with Gasteiger partial charge in [-0.1, -0.05) is 32.9 Å². The summed E-state index contributed by atoms with van der Waals surface area (Å²) in [5, 5.41) is 3.56. The van der Waals surface area contributed by atoms with E-state index < -0.39 is 0 Å². The molecule has 1 heterocycles. The van der Waals surface area contributed by atoms with Crippen molar-refractivity contribution in [1.29, 1.82) is 0 Å². The lowest BCUT2D eigenvalue weighted by Crippen LogP contribution is -2.47. The van der Waals surface area contributed by atoms with Crippen molar-refractivity contribution in [3.63, 3.8) is 0 Å². The molecule has 1 fully saturated rings. The Labute approximate surface area is 181 Å². The van der Waals surface area contributed by atoms with Crippen molar-refractivity contribution < 1.29 is 9.47 Å². The highest BCUT2D eigenvalue weighted by Crippen LogP contribution is 2.33. The molecular weight excluding hydrogens is 453 g/mol. The molecule has 0 saturated carbocycles. The first kappa shape index (κ1) is 24.0. The summed E-state index contributed by atoms with van der Waals surface area (Å²) in [7, 11) is 5.59. The van der Waals surface area contributed by atoms with Gasteiger partial charge in [-0.2, -0.15) is 0 Å². The van der Waals surface area contributed by atoms with Gasteiger partial charge in [0.15, 0.2) is 5.96 Å². The van der Waals surface area contributed by atoms with Crippen LogP contribution < -0.4 is 10.1 Å². The third-order valence-electron chi connectivity index (χ3n) is 4.97. The molecule has 6 heteroatoms. The number of nitrogens with one attached hydrogen (secondary N) is 1. The molecule has 5 nitrogen and oxygen atoms in total. The van der Waals surface area contributed by atoms with E-state index in [2.05, 4.69) is 55.2 Å². The number of nitrogens with zero attached hydrogens (tertiary/aromatic N) is 2. The number of halogens is 1. The molecule has 1 aliphatic heterocycles. The minimum atomic E-state index is 0. The van der Waals surface area contributed by atoms with Crippen molar-refractivity contribution in [2.45, 2.75) is 46.3 Å². The molecule has 0 amide bonds. The molecule has 0 aliphatic carbocycles. The van der Waals surface area contributed by atoms with E-state index in [0.29, 0.717) is 5.92 Å². The first-order chi connectivity index (χ1) is 12.3. The summed E-state index contributed by atoms with van der Waals surface area (Å²) in [6, 6.07) is 8.17. The van der Waals surface area contributed by atoms with Gasteiger partial charge in [0.2, 0.25) is 0 Å². The van der Waals surface area contributed by atoms with Crippen LogP contribution in [0, 0.1) is 11.3 Å². The Kier molecular flexibility index (Phi) is 9.87. The third-order valence-corrected chi connectivity index (χ3v) is 4.97. The van der Waals surface area contributed by atoms with Gasteiger partial charge in [0.25, 0.3) is 0 Å². The summed E-state index contributed by atoms with van der Waals surface area (Å²) >= 11 is 0. The number of guanidine groups is 1. The molecule has 0 aromatic heterocycles. The largest absolute Gasteiger partial charge is 0.497 e. The molecule has 27 heavy (non-hydrogen) atoms. The average molecular weight is 489 g/mol. The average Bonchev–Trinajstić information content (AvgIpc) is 2.62. The Bertz CT molecular complexity index is 584. The molecule has 2 unspecified atom stereocenters. The fourth-order valence-electron chi connectivity index (χ4n) is 3.70. The molecule has 1 aliphatic rings. The number of aliphatic imine (C=N–C) groups is 1. The van der Waals surface area contributed by atoms with Crippen molar-refractivity contribution in [2.75, 3.05) is 34.4 Å². The van der Waals surface area contributed by atoms with Crippen LogP contribution in [0.1, 0.15) is 39.2 Å². The zero-order valence-electron chi connectivity index (χ0n) is 17.6. The van der Waals surface area contributed by atoms with E-state index in [0.717, 1.165) is 37.8 Å². The van der Waals surface area contributed by atoms with E-state index in [1.165, 1.54) is 12.0 Å². The molecule has 1 aromatic carbocycles. The summed E-state index contributed by atoms with van der Waals surface area (Å²) in [4.78, 5) is 6.61. The fraction of sp³-hybridized carbons (Fsp3) is 0.667. The lowest BCUT2D eigenvalue weighted by Gasteiger charge is -2.40. The Morgan fingerprint density at radius 3 is 2.52 bits per heavy atom. The quantitative estimate of drug-likeness (QED) is 0.384. The molecule has 0 bridgehead atoms. The van der Waals surface area contributed by atoms with Crippen LogP contribution in [0.3, 0.4) is 0 Å². The number of ether oxygens (including phenoxy) is 2. The molecule has 2 rings (SSSR count). The predicted molar refractivity (Wildman–Crippen MR) is 123 cm³/mol. The van der Waals surface area contributed by atoms with Crippen LogP contribution in [0.5, 0.6) is 5.75 Å². The van der Waals surface area contributed by atoms with Gasteiger partial charge in [-0.25, -0.2) is 0 Å². The summed E-state index contributed by atoms with van der Waals surface area (Å²) in [5.74, 6) is 2.30. The van der Waals surface area contributed by atoms with Gasteiger partial charge < -0.3 is 19.7 Å². The van der Waals surface area contributed by atoms with Gasteiger partial charge in [-0.3, -0.25) is 4.99 Å². The van der Waals surface area contributed by atoms with Gasteiger partial charge in [-0.05, 0) is 36.0 Å². The molecule has 0 spiro atoms. The molecule has 1 N–H and O–H groups in total. The predicted octanol–water partition coefficient (Wildman–Crippen LogP) is 4.16. The van der Waals surface area contributed by atoms with Crippen molar-refractivity contribution >= 4 is 29.9 Å². The smallest absolute Gasteiger partial charge is 0.193 e. The van der Waals surface area contributed by atoms with Crippen molar-refractivity contribution in [3.05, 3.63) is 29.8 Å². The van der Waals surface area contributed by atoms with E-state index in [1.54, 1.807) is 7.11 Å². The van der Waals surface area contributed by atoms with Gasteiger partial charge in [0, 0.05) is 39.7 Å². The summed E-state index contributed by atoms with van der Waals surface area (Å²) in [6.07, 6.45) is 2.63.